The van der Waals surface area contributed by atoms with Crippen LogP contribution in [0.5, 0.6) is 0 Å². The highest BCUT2D eigenvalue weighted by molar-refractivity contribution is 6.39. The molecule has 0 atom stereocenters. The Labute approximate surface area is 223 Å². The van der Waals surface area contributed by atoms with E-state index in [1.807, 2.05) is 18.2 Å². The van der Waals surface area contributed by atoms with Crippen molar-refractivity contribution in [2.24, 2.45) is 17.8 Å². The molecule has 2 saturated heterocycles. The van der Waals surface area contributed by atoms with Gasteiger partial charge in [-0.15, -0.1) is 0 Å². The molecule has 4 saturated carbocycles. The van der Waals surface area contributed by atoms with E-state index in [9.17, 15) is 14.4 Å². The molecule has 8 rings (SSSR count). The van der Waals surface area contributed by atoms with Crippen LogP contribution in [-0.2, 0) is 15.0 Å². The van der Waals surface area contributed by atoms with Crippen LogP contribution < -0.4 is 15.1 Å². The van der Waals surface area contributed by atoms with Crippen molar-refractivity contribution >= 4 is 35.5 Å². The summed E-state index contributed by atoms with van der Waals surface area (Å²) in [6.07, 6.45) is 14.1. The molecule has 198 valence electrons. The van der Waals surface area contributed by atoms with Gasteiger partial charge in [-0.25, -0.2) is 9.69 Å². The van der Waals surface area contributed by atoms with E-state index in [4.69, 9.17) is 4.42 Å². The third-order valence-corrected chi connectivity index (χ3v) is 9.69. The van der Waals surface area contributed by atoms with E-state index in [1.54, 1.807) is 6.07 Å². The first kappa shape index (κ1) is 23.7. The maximum Gasteiger partial charge on any atom is 0.335 e. The fourth-order valence-electron chi connectivity index (χ4n) is 8.34. The largest absolute Gasteiger partial charge is 0.441 e. The molecule has 6 fully saturated rings. The standard InChI is InChI=1S/C31H35N3O4/c35-28-26(16-25-9-10-27(38-25)33-11-3-1-2-4-12-33)29(36)34(30(37)32-28)24-7-5-23(6-8-24)31-17-20-13-21(18-31)15-22(14-20)19-31/h5-10,16,20-22H,1-4,11-15,17-19H2,(H,32,35,37)/b26-16+. The van der Waals surface area contributed by atoms with E-state index in [0.717, 1.165) is 54.5 Å². The van der Waals surface area contributed by atoms with Gasteiger partial charge in [0.15, 0.2) is 5.88 Å². The number of nitrogens with one attached hydrogen (secondary N) is 1. The van der Waals surface area contributed by atoms with Crippen LogP contribution >= 0.6 is 0 Å². The summed E-state index contributed by atoms with van der Waals surface area (Å²) in [6, 6.07) is 10.9. The van der Waals surface area contributed by atoms with Crippen LogP contribution in [-0.4, -0.2) is 30.9 Å². The molecule has 6 aliphatic rings. The Morgan fingerprint density at radius 3 is 2.08 bits per heavy atom. The third-order valence-electron chi connectivity index (χ3n) is 9.69. The minimum absolute atomic E-state index is 0.105. The number of urea groups is 1. The van der Waals surface area contributed by atoms with Crippen molar-refractivity contribution in [2.75, 3.05) is 22.9 Å². The lowest BCUT2D eigenvalue weighted by Crippen LogP contribution is -2.54. The SMILES string of the molecule is O=C1NC(=O)N(c2ccc(C34CC5CC(CC(C5)C3)C4)cc2)C(=O)/C1=C/c1ccc(N2CCCCCC2)o1. The Morgan fingerprint density at radius 2 is 1.45 bits per heavy atom. The van der Waals surface area contributed by atoms with Gasteiger partial charge in [-0.2, -0.15) is 0 Å². The van der Waals surface area contributed by atoms with Crippen LogP contribution in [0.4, 0.5) is 16.4 Å². The fourth-order valence-corrected chi connectivity index (χ4v) is 8.34. The first-order valence-corrected chi connectivity index (χ1v) is 14.3. The normalized spacial score (nSPS) is 32.2. The van der Waals surface area contributed by atoms with E-state index < -0.39 is 17.8 Å². The average Bonchev–Trinajstić information content (AvgIpc) is 3.18. The van der Waals surface area contributed by atoms with Crippen molar-refractivity contribution in [3.05, 3.63) is 53.3 Å². The van der Waals surface area contributed by atoms with Gasteiger partial charge in [0, 0.05) is 19.2 Å². The van der Waals surface area contributed by atoms with Crippen molar-refractivity contribution in [1.82, 2.24) is 5.32 Å². The quantitative estimate of drug-likeness (QED) is 0.413. The van der Waals surface area contributed by atoms with Gasteiger partial charge in [-0.05, 0) is 104 Å². The Morgan fingerprint density at radius 1 is 0.816 bits per heavy atom. The molecule has 4 bridgehead atoms. The van der Waals surface area contributed by atoms with Gasteiger partial charge in [-0.1, -0.05) is 25.0 Å². The summed E-state index contributed by atoms with van der Waals surface area (Å²) in [5.41, 5.74) is 1.94. The smallest absolute Gasteiger partial charge is 0.335 e. The van der Waals surface area contributed by atoms with Crippen LogP contribution in [0.2, 0.25) is 0 Å². The molecule has 1 aromatic carbocycles. The predicted octanol–water partition coefficient (Wildman–Crippen LogP) is 5.79. The number of barbiturate groups is 1. The molecule has 0 spiro atoms. The zero-order chi connectivity index (χ0) is 25.9. The molecule has 38 heavy (non-hydrogen) atoms. The van der Waals surface area contributed by atoms with E-state index in [2.05, 4.69) is 22.3 Å². The molecule has 1 N–H and O–H groups in total. The predicted molar refractivity (Wildman–Crippen MR) is 145 cm³/mol. The topological polar surface area (TPSA) is 82.9 Å². The van der Waals surface area contributed by atoms with Gasteiger partial charge in [0.25, 0.3) is 11.8 Å². The fraction of sp³-hybridized carbons (Fsp3) is 0.516. The number of benzene rings is 1. The third kappa shape index (κ3) is 4.07. The molecule has 7 heteroatoms. The first-order valence-electron chi connectivity index (χ1n) is 14.3. The van der Waals surface area contributed by atoms with Gasteiger partial charge in [0.1, 0.15) is 11.3 Å². The number of amides is 4. The number of hydrogen-bond donors (Lipinski definition) is 1. The Hall–Kier alpha value is -3.35. The molecular formula is C31H35N3O4. The van der Waals surface area contributed by atoms with Crippen molar-refractivity contribution < 1.29 is 18.8 Å². The van der Waals surface area contributed by atoms with Gasteiger partial charge in [0.05, 0.1) is 5.69 Å². The molecule has 0 radical (unpaired) electrons. The number of imide groups is 2. The van der Waals surface area contributed by atoms with E-state index in [-0.39, 0.29) is 11.0 Å². The van der Waals surface area contributed by atoms with Crippen molar-refractivity contribution in [3.63, 3.8) is 0 Å². The van der Waals surface area contributed by atoms with Crippen LogP contribution in [0.3, 0.4) is 0 Å². The lowest BCUT2D eigenvalue weighted by atomic mass is 9.48. The number of anilines is 2. The van der Waals surface area contributed by atoms with Crippen molar-refractivity contribution in [3.8, 4) is 0 Å². The minimum Gasteiger partial charge on any atom is -0.441 e. The molecule has 7 nitrogen and oxygen atoms in total. The summed E-state index contributed by atoms with van der Waals surface area (Å²) in [5, 5.41) is 2.34. The number of nitrogens with zero attached hydrogens (tertiary/aromatic N) is 2. The molecule has 4 aliphatic carbocycles. The maximum atomic E-state index is 13.4. The molecular weight excluding hydrogens is 478 g/mol. The first-order chi connectivity index (χ1) is 18.5. The molecule has 2 aliphatic heterocycles. The molecule has 3 heterocycles. The van der Waals surface area contributed by atoms with Crippen LogP contribution in [0.15, 0.2) is 46.4 Å². The summed E-state index contributed by atoms with van der Waals surface area (Å²) < 4.78 is 5.99. The zero-order valence-corrected chi connectivity index (χ0v) is 21.8. The number of hydrogen-bond acceptors (Lipinski definition) is 5. The second-order valence-corrected chi connectivity index (χ2v) is 12.3. The lowest BCUT2D eigenvalue weighted by molar-refractivity contribution is -0.122. The summed E-state index contributed by atoms with van der Waals surface area (Å²) in [5.74, 6) is 2.37. The van der Waals surface area contributed by atoms with Crippen molar-refractivity contribution in [1.29, 1.82) is 0 Å². The van der Waals surface area contributed by atoms with E-state index in [1.165, 1.54) is 63.0 Å². The number of furan rings is 1. The highest BCUT2D eigenvalue weighted by Gasteiger charge is 2.51. The Balaban J connectivity index is 1.13. The number of rotatable bonds is 4. The summed E-state index contributed by atoms with van der Waals surface area (Å²) in [7, 11) is 0. The summed E-state index contributed by atoms with van der Waals surface area (Å²) in [4.78, 5) is 42.2. The van der Waals surface area contributed by atoms with Gasteiger partial charge in [-0.3, -0.25) is 14.9 Å². The number of carbonyl (C=O) groups excluding carboxylic acids is 3. The minimum atomic E-state index is -0.718. The van der Waals surface area contributed by atoms with Crippen LogP contribution in [0.25, 0.3) is 6.08 Å². The molecule has 4 amide bonds. The Bertz CT molecular complexity index is 1260. The van der Waals surface area contributed by atoms with Gasteiger partial charge >= 0.3 is 6.03 Å². The maximum absolute atomic E-state index is 13.4. The molecule has 2 aromatic rings. The molecule has 1 aromatic heterocycles. The van der Waals surface area contributed by atoms with Crippen molar-refractivity contribution in [2.45, 2.75) is 69.6 Å². The average molecular weight is 514 g/mol. The second-order valence-electron chi connectivity index (χ2n) is 12.3. The van der Waals surface area contributed by atoms with Gasteiger partial charge < -0.3 is 9.32 Å². The summed E-state index contributed by atoms with van der Waals surface area (Å²) >= 11 is 0. The molecule has 0 unspecified atom stereocenters. The van der Waals surface area contributed by atoms with E-state index in [0.29, 0.717) is 11.4 Å². The van der Waals surface area contributed by atoms with E-state index >= 15 is 0 Å². The number of carbonyl (C=O) groups is 3. The second kappa shape index (κ2) is 9.14. The van der Waals surface area contributed by atoms with Crippen LogP contribution in [0.1, 0.15) is 75.5 Å². The zero-order valence-electron chi connectivity index (χ0n) is 21.8. The highest BCUT2D eigenvalue weighted by Crippen LogP contribution is 2.60. The van der Waals surface area contributed by atoms with Gasteiger partial charge in [0.2, 0.25) is 0 Å². The monoisotopic (exact) mass is 513 g/mol. The Kier molecular flexibility index (Phi) is 5.71. The van der Waals surface area contributed by atoms with Crippen LogP contribution in [0, 0.1) is 17.8 Å². The summed E-state index contributed by atoms with van der Waals surface area (Å²) in [6.45, 7) is 1.87. The highest BCUT2D eigenvalue weighted by atomic mass is 16.4. The lowest BCUT2D eigenvalue weighted by Gasteiger charge is -2.57.